The van der Waals surface area contributed by atoms with Gasteiger partial charge >= 0.3 is 21.7 Å². The molecular weight excluding hydrogens is 1010 g/mol. The van der Waals surface area contributed by atoms with Gasteiger partial charge in [-0.1, -0.05) is 6.08 Å². The molecule has 388 valence electrons. The Labute approximate surface area is 411 Å². The molecule has 0 saturated carbocycles. The maximum Gasteiger partial charge on any atom is 0.481 e. The predicted octanol–water partition coefficient (Wildman–Crippen LogP) is 2.22. The Morgan fingerprint density at radius 2 is 1.74 bits per heavy atom. The summed E-state index contributed by atoms with van der Waals surface area (Å²) in [5.41, 5.74) is 9.79. The van der Waals surface area contributed by atoms with Gasteiger partial charge in [0, 0.05) is 63.6 Å². The molecule has 72 heavy (non-hydrogen) atoms. The highest BCUT2D eigenvalue weighted by Gasteiger charge is 2.49. The first-order chi connectivity index (χ1) is 33.6. The number of nitrogens with two attached hydrogens (primary N) is 1. The van der Waals surface area contributed by atoms with Crippen LogP contribution in [0, 0.1) is 0 Å². The van der Waals surface area contributed by atoms with E-state index < -0.39 is 74.3 Å². The standard InChI is InChI=1S/C43H54N10O16P2S/c1-7-52-29-15-31-27(13-25(29)23(2)17-42(52,3)4)50-28-14-26-24(20-72(62,63)64)18-43(5,6)53(30(26)16-32(28)66-31)12-8-9-34(54)45-10-11-46-41(56)68-37-36(55)33(19-65-71(60,61)69-70(57,58)59)67-40(37)51-22-49-35-38(44)47-21-48-39(35)51/h13-18,21-22,33,36-37,40,55H,7-12,19-20H2,1-6H3,(H7-,44,45,46,47,48,54,56,57,58,59,60,61,62,63,64)/p+1/t33-,36-,37-,40-/m1/s1. The predicted molar refractivity (Wildman–Crippen MR) is 258 cm³/mol. The number of imidazole rings is 1. The number of nitrogen functional groups attached to an aromatic ring is 1. The fourth-order valence-electron chi connectivity index (χ4n) is 9.52. The molecule has 4 aliphatic rings. The molecule has 8 rings (SSSR count). The highest BCUT2D eigenvalue weighted by Crippen LogP contribution is 2.58. The highest BCUT2D eigenvalue weighted by molar-refractivity contribution is 7.86. The van der Waals surface area contributed by atoms with Gasteiger partial charge in [-0.25, -0.2) is 38.4 Å². The summed E-state index contributed by atoms with van der Waals surface area (Å²) in [6.07, 6.45) is -0.656. The molecule has 4 aliphatic heterocycles. The average Bonchev–Trinajstić information content (AvgIpc) is 3.83. The Morgan fingerprint density at radius 1 is 1.00 bits per heavy atom. The van der Waals surface area contributed by atoms with Crippen molar-refractivity contribution in [3.05, 3.63) is 70.9 Å². The topological polar surface area (TPSA) is 362 Å². The third-order valence-corrected chi connectivity index (χ3v) is 15.3. The van der Waals surface area contributed by atoms with Crippen LogP contribution in [0.15, 0.2) is 54.1 Å². The lowest BCUT2D eigenvalue weighted by atomic mass is 9.88. The van der Waals surface area contributed by atoms with E-state index in [0.29, 0.717) is 52.0 Å². The van der Waals surface area contributed by atoms with Gasteiger partial charge in [-0.3, -0.25) is 18.4 Å². The fraction of sp³-hybridized carbons (Fsp3) is 0.465. The molecule has 26 nitrogen and oxygen atoms in total. The van der Waals surface area contributed by atoms with Crippen LogP contribution in [-0.2, 0) is 42.4 Å². The molecule has 1 saturated heterocycles. The van der Waals surface area contributed by atoms with Gasteiger partial charge in [0.2, 0.25) is 11.3 Å². The first-order valence-electron chi connectivity index (χ1n) is 22.5. The number of aliphatic hydroxyl groups excluding tert-OH is 1. The zero-order chi connectivity index (χ0) is 52.3. The van der Waals surface area contributed by atoms with E-state index in [0.717, 1.165) is 29.7 Å². The number of alkyl carbamates (subject to hydrolysis) is 1. The second-order valence-electron chi connectivity index (χ2n) is 18.5. The summed E-state index contributed by atoms with van der Waals surface area (Å²) in [6, 6.07) is 7.55. The van der Waals surface area contributed by atoms with Crippen molar-refractivity contribution in [1.29, 1.82) is 0 Å². The molecule has 0 aliphatic carbocycles. The number of nitrogens with one attached hydrogen (secondary N) is 2. The summed E-state index contributed by atoms with van der Waals surface area (Å²) in [5, 5.41) is 17.5. The lowest BCUT2D eigenvalue weighted by Gasteiger charge is -2.43. The molecule has 1 fully saturated rings. The smallest absolute Gasteiger partial charge is 0.452 e. The largest absolute Gasteiger partial charge is 0.481 e. The molecule has 6 heterocycles. The van der Waals surface area contributed by atoms with E-state index in [1.807, 2.05) is 30.6 Å². The average molecular weight is 1060 g/mol. The molecule has 0 bridgehead atoms. The number of aromatic nitrogens is 4. The molecule has 9 N–H and O–H groups in total. The Kier molecular flexibility index (Phi) is 14.3. The van der Waals surface area contributed by atoms with Gasteiger partial charge in [0.05, 0.1) is 30.1 Å². The van der Waals surface area contributed by atoms with Gasteiger partial charge in [-0.15, -0.1) is 0 Å². The first-order valence-corrected chi connectivity index (χ1v) is 27.2. The van der Waals surface area contributed by atoms with Crippen LogP contribution in [0.25, 0.3) is 22.3 Å². The molecule has 2 amide bonds. The minimum atomic E-state index is -5.47. The number of nitrogens with zero attached hydrogens (tertiary/aromatic N) is 7. The van der Waals surface area contributed by atoms with Crippen LogP contribution in [-0.4, -0.2) is 132 Å². The van der Waals surface area contributed by atoms with Crippen molar-refractivity contribution >= 4 is 77.3 Å². The van der Waals surface area contributed by atoms with Crippen LogP contribution < -0.4 is 41.3 Å². The third-order valence-electron chi connectivity index (χ3n) is 12.4. The van der Waals surface area contributed by atoms with Crippen molar-refractivity contribution < 1.29 is 74.5 Å². The lowest BCUT2D eigenvalue weighted by molar-refractivity contribution is -0.121. The summed E-state index contributed by atoms with van der Waals surface area (Å²) in [6.45, 7) is 12.2. The van der Waals surface area contributed by atoms with E-state index in [1.165, 1.54) is 10.9 Å². The number of carbonyl (C=O) groups excluding carboxylic acids is 2. The Morgan fingerprint density at radius 3 is 2.44 bits per heavy atom. The Balaban J connectivity index is 0.926. The molecule has 0 spiro atoms. The minimum Gasteiger partial charge on any atom is -0.452 e. The second kappa shape index (κ2) is 19.6. The van der Waals surface area contributed by atoms with Gasteiger partial charge in [0.15, 0.2) is 40.8 Å². The maximum absolute atomic E-state index is 13.1. The minimum absolute atomic E-state index is 0.00810. The first kappa shape index (κ1) is 52.6. The zero-order valence-corrected chi connectivity index (χ0v) is 42.4. The summed E-state index contributed by atoms with van der Waals surface area (Å²) < 4.78 is 87.5. The second-order valence-corrected chi connectivity index (χ2v) is 22.8. The summed E-state index contributed by atoms with van der Waals surface area (Å²) in [4.78, 5) is 73.3. The van der Waals surface area contributed by atoms with E-state index in [2.05, 4.69) is 73.1 Å². The molecule has 5 atom stereocenters. The highest BCUT2D eigenvalue weighted by atomic mass is 32.2. The van der Waals surface area contributed by atoms with Gasteiger partial charge in [0.1, 0.15) is 47.4 Å². The van der Waals surface area contributed by atoms with E-state index >= 15 is 0 Å². The number of phosphoric ester groups is 1. The lowest BCUT2D eigenvalue weighted by Crippen LogP contribution is -2.50. The number of benzene rings is 2. The van der Waals surface area contributed by atoms with Crippen molar-refractivity contribution in [2.45, 2.75) is 90.0 Å². The number of phosphoric acid groups is 2. The van der Waals surface area contributed by atoms with Crippen LogP contribution in [0.4, 0.5) is 22.0 Å². The monoisotopic (exact) mass is 1060 g/mol. The van der Waals surface area contributed by atoms with Crippen molar-refractivity contribution in [2.24, 2.45) is 4.99 Å². The molecule has 29 heteroatoms. The van der Waals surface area contributed by atoms with Crippen LogP contribution in [0.3, 0.4) is 0 Å². The van der Waals surface area contributed by atoms with Crippen LogP contribution >= 0.6 is 15.6 Å². The van der Waals surface area contributed by atoms with Crippen molar-refractivity contribution in [1.82, 2.24) is 34.7 Å². The van der Waals surface area contributed by atoms with E-state index in [1.54, 1.807) is 18.2 Å². The normalized spacial score (nSPS) is 21.7. The zero-order valence-electron chi connectivity index (χ0n) is 39.8. The molecule has 1 unspecified atom stereocenters. The number of ether oxygens (including phenoxy) is 3. The van der Waals surface area contributed by atoms with E-state index in [9.17, 15) is 41.7 Å². The van der Waals surface area contributed by atoms with Crippen molar-refractivity contribution in [2.75, 3.05) is 49.2 Å². The quantitative estimate of drug-likeness (QED) is 0.0286. The van der Waals surface area contributed by atoms with Crippen molar-refractivity contribution in [3.63, 3.8) is 0 Å². The molecule has 4 aromatic rings. The van der Waals surface area contributed by atoms with Gasteiger partial charge in [0.25, 0.3) is 10.1 Å². The Bertz CT molecular complexity index is 3270. The SMILES string of the molecule is CCN1c2cc3c(cc2C(C)=CC1(C)C)N=c1cc2c(cc1O3)=[N+](CCCC(=O)NCCNC(=O)O[C@@H]1[C@H](O)[C@@H](COP(=O)(O)OP(=O)(O)O)O[C@H]1n1cnc3c(N)ncnc31)C(C)(C)C=C2CS(=O)(=O)O. The Hall–Kier alpha value is -5.70. The molecular formula is C43H55N10O16P2S+. The molecule has 0 radical (unpaired) electrons. The van der Waals surface area contributed by atoms with Gasteiger partial charge in [-0.05, 0) is 57.0 Å². The molecule has 2 aromatic carbocycles. The third kappa shape index (κ3) is 11.3. The maximum atomic E-state index is 13.1. The van der Waals surface area contributed by atoms with E-state index in [4.69, 9.17) is 34.7 Å². The van der Waals surface area contributed by atoms with Gasteiger partial charge in [-0.2, -0.15) is 12.7 Å². The van der Waals surface area contributed by atoms with Gasteiger partial charge < -0.3 is 55.3 Å². The number of aliphatic hydroxyl groups is 1. The molecule has 2 aromatic heterocycles. The van der Waals surface area contributed by atoms with Crippen LogP contribution in [0.5, 0.6) is 11.5 Å². The number of hydrogen-bond acceptors (Lipinski definition) is 18. The summed E-state index contributed by atoms with van der Waals surface area (Å²) >= 11 is 0. The van der Waals surface area contributed by atoms with Crippen LogP contribution in [0.1, 0.15) is 71.7 Å². The summed E-state index contributed by atoms with van der Waals surface area (Å²) in [7, 11) is -15.3. The number of likely N-dealkylation sites (N-methyl/N-ethyl adjacent to an activating group) is 1. The number of hydrogen-bond donors (Lipinski definition) is 8. The number of amides is 2. The summed E-state index contributed by atoms with van der Waals surface area (Å²) in [5.74, 6) is 0.00840. The number of fused-ring (bicyclic) bond motifs is 5. The number of allylic oxidation sites excluding steroid dienone is 1. The number of anilines is 2. The number of carbonyl (C=O) groups is 2. The fourth-order valence-corrected chi connectivity index (χ4v) is 11.7. The van der Waals surface area contributed by atoms with Crippen molar-refractivity contribution in [3.8, 4) is 11.5 Å². The van der Waals surface area contributed by atoms with Crippen LogP contribution in [0.2, 0.25) is 0 Å². The van der Waals surface area contributed by atoms with E-state index in [-0.39, 0.29) is 47.9 Å². The number of rotatable bonds is 17.